The summed E-state index contributed by atoms with van der Waals surface area (Å²) in [6, 6.07) is 5.92. The van der Waals surface area contributed by atoms with Gasteiger partial charge < -0.3 is 14.8 Å². The van der Waals surface area contributed by atoms with E-state index in [4.69, 9.17) is 21.1 Å². The van der Waals surface area contributed by atoms with Gasteiger partial charge in [0.25, 0.3) is 0 Å². The largest absolute Gasteiger partial charge is 0.490 e. The average molecular weight is 312 g/mol. The minimum atomic E-state index is 0.337. The van der Waals surface area contributed by atoms with E-state index >= 15 is 0 Å². The predicted molar refractivity (Wildman–Crippen MR) is 87.2 cm³/mol. The zero-order chi connectivity index (χ0) is 14.9. The summed E-state index contributed by atoms with van der Waals surface area (Å²) in [5.74, 6) is 0.930. The molecule has 1 aliphatic carbocycles. The van der Waals surface area contributed by atoms with Crippen LogP contribution in [-0.4, -0.2) is 26.4 Å². The highest BCUT2D eigenvalue weighted by Crippen LogP contribution is 2.29. The van der Waals surface area contributed by atoms with E-state index in [9.17, 15) is 0 Å². The molecule has 1 aromatic rings. The Kier molecular flexibility index (Phi) is 7.34. The normalized spacial score (nSPS) is 16.7. The lowest BCUT2D eigenvalue weighted by atomic mass is 10.1. The molecular formula is C17H26ClNO2. The third-order valence-corrected chi connectivity index (χ3v) is 4.31. The van der Waals surface area contributed by atoms with Crippen molar-refractivity contribution in [2.45, 2.75) is 51.2 Å². The number of hydrogen-bond acceptors (Lipinski definition) is 3. The van der Waals surface area contributed by atoms with Gasteiger partial charge in [-0.15, -0.1) is 0 Å². The van der Waals surface area contributed by atoms with Gasteiger partial charge in [-0.2, -0.15) is 0 Å². The van der Waals surface area contributed by atoms with Crippen molar-refractivity contribution in [2.24, 2.45) is 0 Å². The Hall–Kier alpha value is -0.770. The lowest BCUT2D eigenvalue weighted by Crippen LogP contribution is -2.21. The third-order valence-electron chi connectivity index (χ3n) is 3.96. The van der Waals surface area contributed by atoms with E-state index in [0.717, 1.165) is 35.7 Å². The molecule has 1 saturated carbocycles. The van der Waals surface area contributed by atoms with Gasteiger partial charge >= 0.3 is 0 Å². The molecule has 2 rings (SSSR count). The van der Waals surface area contributed by atoms with Crippen LogP contribution in [0, 0.1) is 0 Å². The van der Waals surface area contributed by atoms with Crippen molar-refractivity contribution < 1.29 is 9.47 Å². The molecule has 0 aromatic heterocycles. The van der Waals surface area contributed by atoms with Crippen molar-refractivity contribution in [2.75, 3.05) is 20.3 Å². The zero-order valence-corrected chi connectivity index (χ0v) is 13.6. The number of hydrogen-bond donors (Lipinski definition) is 1. The minimum Gasteiger partial charge on any atom is -0.490 e. The van der Waals surface area contributed by atoms with Gasteiger partial charge in [0.1, 0.15) is 5.75 Å². The summed E-state index contributed by atoms with van der Waals surface area (Å²) in [5, 5.41) is 4.11. The molecule has 1 aromatic carbocycles. The van der Waals surface area contributed by atoms with E-state index in [2.05, 4.69) is 5.32 Å². The van der Waals surface area contributed by atoms with Gasteiger partial charge in [-0.1, -0.05) is 30.5 Å². The first-order valence-corrected chi connectivity index (χ1v) is 8.32. The number of methoxy groups -OCH3 is 1. The summed E-state index contributed by atoms with van der Waals surface area (Å²) < 4.78 is 11.3. The summed E-state index contributed by atoms with van der Waals surface area (Å²) in [7, 11) is 1.71. The average Bonchev–Trinajstić information content (AvgIpc) is 2.74. The summed E-state index contributed by atoms with van der Waals surface area (Å²) in [5.41, 5.74) is 1.06. The smallest absolute Gasteiger partial charge is 0.125 e. The highest BCUT2D eigenvalue weighted by molar-refractivity contribution is 6.31. The maximum atomic E-state index is 6.34. The Balaban J connectivity index is 1.98. The molecule has 0 radical (unpaired) electrons. The number of nitrogens with one attached hydrogen (secondary N) is 1. The van der Waals surface area contributed by atoms with Gasteiger partial charge in [-0.25, -0.2) is 0 Å². The topological polar surface area (TPSA) is 30.5 Å². The summed E-state index contributed by atoms with van der Waals surface area (Å²) in [6.45, 7) is 2.22. The summed E-state index contributed by atoms with van der Waals surface area (Å²) in [6.07, 6.45) is 7.86. The van der Waals surface area contributed by atoms with Gasteiger partial charge in [-0.05, 0) is 37.8 Å². The molecule has 0 unspecified atom stereocenters. The number of ether oxygens (including phenoxy) is 2. The van der Waals surface area contributed by atoms with E-state index in [1.807, 2.05) is 18.2 Å². The molecule has 1 aliphatic rings. The molecule has 21 heavy (non-hydrogen) atoms. The van der Waals surface area contributed by atoms with Gasteiger partial charge in [0.05, 0.1) is 12.7 Å². The van der Waals surface area contributed by atoms with Crippen LogP contribution in [-0.2, 0) is 11.3 Å². The summed E-state index contributed by atoms with van der Waals surface area (Å²) >= 11 is 6.34. The van der Waals surface area contributed by atoms with Crippen molar-refractivity contribution in [3.05, 3.63) is 28.8 Å². The quantitative estimate of drug-likeness (QED) is 0.605. The lowest BCUT2D eigenvalue weighted by molar-refractivity contribution is 0.180. The second-order valence-corrected chi connectivity index (χ2v) is 6.02. The maximum absolute atomic E-state index is 6.34. The second-order valence-electron chi connectivity index (χ2n) is 5.62. The Morgan fingerprint density at radius 2 is 1.95 bits per heavy atom. The molecule has 0 aliphatic heterocycles. The van der Waals surface area contributed by atoms with Crippen molar-refractivity contribution in [1.82, 2.24) is 5.32 Å². The first kappa shape index (κ1) is 16.6. The van der Waals surface area contributed by atoms with Crippen molar-refractivity contribution in [3.63, 3.8) is 0 Å². The van der Waals surface area contributed by atoms with E-state index < -0.39 is 0 Å². The standard InChI is InChI=1S/C17H26ClNO2/c1-20-12-11-19-13-15-16(18)9-6-10-17(15)21-14-7-4-2-3-5-8-14/h6,9-10,14,19H,2-5,7-8,11-13H2,1H3. The van der Waals surface area contributed by atoms with Crippen LogP contribution >= 0.6 is 11.6 Å². The highest BCUT2D eigenvalue weighted by atomic mass is 35.5. The lowest BCUT2D eigenvalue weighted by Gasteiger charge is -2.20. The Labute approximate surface area is 133 Å². The first-order valence-electron chi connectivity index (χ1n) is 7.95. The molecule has 0 spiro atoms. The predicted octanol–water partition coefficient (Wildman–Crippen LogP) is 4.18. The van der Waals surface area contributed by atoms with Crippen LogP contribution in [0.1, 0.15) is 44.1 Å². The zero-order valence-electron chi connectivity index (χ0n) is 12.9. The molecule has 0 atom stereocenters. The summed E-state index contributed by atoms with van der Waals surface area (Å²) in [4.78, 5) is 0. The van der Waals surface area contributed by atoms with Gasteiger partial charge in [0.2, 0.25) is 0 Å². The molecule has 118 valence electrons. The van der Waals surface area contributed by atoms with Crippen LogP contribution in [0.4, 0.5) is 0 Å². The maximum Gasteiger partial charge on any atom is 0.125 e. The number of halogens is 1. The molecule has 1 N–H and O–H groups in total. The van der Waals surface area contributed by atoms with Crippen LogP contribution in [0.5, 0.6) is 5.75 Å². The van der Waals surface area contributed by atoms with Gasteiger partial charge in [-0.3, -0.25) is 0 Å². The SMILES string of the molecule is COCCNCc1c(Cl)cccc1OC1CCCCCC1. The Bertz CT molecular complexity index is 417. The monoisotopic (exact) mass is 311 g/mol. The highest BCUT2D eigenvalue weighted by Gasteiger charge is 2.16. The van der Waals surface area contributed by atoms with Gasteiger partial charge in [0, 0.05) is 30.8 Å². The molecule has 3 nitrogen and oxygen atoms in total. The Morgan fingerprint density at radius 1 is 1.19 bits per heavy atom. The number of rotatable bonds is 7. The van der Waals surface area contributed by atoms with Crippen LogP contribution in [0.2, 0.25) is 5.02 Å². The molecule has 0 saturated heterocycles. The fourth-order valence-corrected chi connectivity index (χ4v) is 2.98. The minimum absolute atomic E-state index is 0.337. The van der Waals surface area contributed by atoms with Crippen LogP contribution in [0.3, 0.4) is 0 Å². The molecule has 0 bridgehead atoms. The molecular weight excluding hydrogens is 286 g/mol. The second kappa shape index (κ2) is 9.29. The first-order chi connectivity index (χ1) is 10.3. The van der Waals surface area contributed by atoms with E-state index in [0.29, 0.717) is 19.3 Å². The molecule has 0 amide bonds. The van der Waals surface area contributed by atoms with Crippen molar-refractivity contribution in [3.8, 4) is 5.75 Å². The molecule has 0 heterocycles. The molecule has 1 fully saturated rings. The van der Waals surface area contributed by atoms with Crippen LogP contribution in [0.15, 0.2) is 18.2 Å². The fourth-order valence-electron chi connectivity index (χ4n) is 2.75. The van der Waals surface area contributed by atoms with E-state index in [1.54, 1.807) is 7.11 Å². The van der Waals surface area contributed by atoms with Crippen LogP contribution < -0.4 is 10.1 Å². The Morgan fingerprint density at radius 3 is 2.67 bits per heavy atom. The van der Waals surface area contributed by atoms with E-state index in [1.165, 1.54) is 25.7 Å². The van der Waals surface area contributed by atoms with Crippen molar-refractivity contribution >= 4 is 11.6 Å². The number of benzene rings is 1. The molecule has 4 heteroatoms. The van der Waals surface area contributed by atoms with E-state index in [-0.39, 0.29) is 0 Å². The van der Waals surface area contributed by atoms with Crippen molar-refractivity contribution in [1.29, 1.82) is 0 Å². The van der Waals surface area contributed by atoms with Gasteiger partial charge in [0.15, 0.2) is 0 Å². The van der Waals surface area contributed by atoms with Crippen LogP contribution in [0.25, 0.3) is 0 Å². The fraction of sp³-hybridized carbons (Fsp3) is 0.647. The third kappa shape index (κ3) is 5.50.